The van der Waals surface area contributed by atoms with Gasteiger partial charge in [0.25, 0.3) is 0 Å². The quantitative estimate of drug-likeness (QED) is 0.0885. The Morgan fingerprint density at radius 3 is 2.31 bits per heavy atom. The summed E-state index contributed by atoms with van der Waals surface area (Å²) in [6.45, 7) is 6.12. The van der Waals surface area contributed by atoms with Gasteiger partial charge in [0.2, 0.25) is 17.8 Å². The Hall–Kier alpha value is -4.45. The second-order valence-corrected chi connectivity index (χ2v) is 10.4. The number of carbonyl (C=O) groups excluding carboxylic acids is 2. The number of aryl methyl sites for hydroxylation is 1. The van der Waals surface area contributed by atoms with E-state index >= 15 is 0 Å². The van der Waals surface area contributed by atoms with Crippen LogP contribution in [0.25, 0.3) is 22.3 Å². The molecular weight excluding hydrogens is 544 g/mol. The van der Waals surface area contributed by atoms with E-state index in [9.17, 15) is 18.4 Å². The minimum atomic E-state index is -0.674. The lowest BCUT2D eigenvalue weighted by atomic mass is 10.1. The van der Waals surface area contributed by atoms with E-state index in [2.05, 4.69) is 25.6 Å². The average Bonchev–Trinajstić information content (AvgIpc) is 3.31. The predicted molar refractivity (Wildman–Crippen MR) is 155 cm³/mol. The highest BCUT2D eigenvalue weighted by Crippen LogP contribution is 2.30. The van der Waals surface area contributed by atoms with Gasteiger partial charge in [0.1, 0.15) is 17.0 Å². The van der Waals surface area contributed by atoms with E-state index in [1.54, 1.807) is 30.6 Å². The van der Waals surface area contributed by atoms with Crippen molar-refractivity contribution in [1.29, 1.82) is 0 Å². The van der Waals surface area contributed by atoms with Crippen molar-refractivity contribution in [3.05, 3.63) is 65.6 Å². The van der Waals surface area contributed by atoms with E-state index in [-0.39, 0.29) is 41.1 Å². The van der Waals surface area contributed by atoms with Gasteiger partial charge in [-0.2, -0.15) is 0 Å². The van der Waals surface area contributed by atoms with Crippen molar-refractivity contribution in [2.45, 2.75) is 71.9 Å². The van der Waals surface area contributed by atoms with Crippen LogP contribution in [0.4, 0.5) is 20.4 Å². The maximum absolute atomic E-state index is 15.0. The first kappa shape index (κ1) is 30.5. The Bertz CT molecular complexity index is 1560. The number of rotatable bonds is 13. The third-order valence-corrected chi connectivity index (χ3v) is 6.84. The molecule has 0 aliphatic carbocycles. The van der Waals surface area contributed by atoms with Gasteiger partial charge in [-0.25, -0.2) is 29.2 Å². The molecule has 0 radical (unpaired) electrons. The minimum absolute atomic E-state index is 0.0301. The van der Waals surface area contributed by atoms with Gasteiger partial charge in [0, 0.05) is 36.7 Å². The number of anilines is 2. The van der Waals surface area contributed by atoms with Crippen LogP contribution in [0.2, 0.25) is 0 Å². The first-order valence-corrected chi connectivity index (χ1v) is 13.9. The highest BCUT2D eigenvalue weighted by Gasteiger charge is 2.18. The molecule has 0 spiro atoms. The van der Waals surface area contributed by atoms with Gasteiger partial charge in [0.15, 0.2) is 11.6 Å². The molecule has 0 aliphatic heterocycles. The third-order valence-electron chi connectivity index (χ3n) is 6.84. The summed E-state index contributed by atoms with van der Waals surface area (Å²) in [6, 6.07) is 10.2. The number of imidazole rings is 1. The van der Waals surface area contributed by atoms with E-state index in [1.807, 2.05) is 30.5 Å². The number of hydroxylamine groups is 1. The molecule has 42 heavy (non-hydrogen) atoms. The van der Waals surface area contributed by atoms with Crippen molar-refractivity contribution in [3.63, 3.8) is 0 Å². The van der Waals surface area contributed by atoms with E-state index in [1.165, 1.54) is 6.07 Å². The molecule has 0 saturated carbocycles. The van der Waals surface area contributed by atoms with Gasteiger partial charge in [-0.15, -0.1) is 0 Å². The number of unbranched alkanes of at least 4 members (excludes halogenated alkanes) is 3. The van der Waals surface area contributed by atoms with Crippen LogP contribution in [0.5, 0.6) is 0 Å². The molecule has 4 N–H and O–H groups in total. The smallest absolute Gasteiger partial charge is 0.243 e. The maximum atomic E-state index is 15.0. The lowest BCUT2D eigenvalue weighted by molar-refractivity contribution is -0.129. The SMILES string of the molecule is Cc1nc2c(F)cc(-c3nc(Nc4ccc(CNC(=O)CCCCCCC(=O)NO)cc4)ncc3F)cc2n1C(C)C. The van der Waals surface area contributed by atoms with Gasteiger partial charge < -0.3 is 15.2 Å². The Labute approximate surface area is 242 Å². The summed E-state index contributed by atoms with van der Waals surface area (Å²) >= 11 is 0. The van der Waals surface area contributed by atoms with Crippen LogP contribution in [-0.4, -0.2) is 36.5 Å². The third kappa shape index (κ3) is 7.64. The first-order chi connectivity index (χ1) is 20.2. The lowest BCUT2D eigenvalue weighted by Crippen LogP contribution is -2.22. The van der Waals surface area contributed by atoms with Crippen LogP contribution >= 0.6 is 0 Å². The number of amides is 2. The molecule has 2 amide bonds. The fourth-order valence-corrected chi connectivity index (χ4v) is 4.79. The molecule has 0 unspecified atom stereocenters. The molecule has 2 heterocycles. The second kappa shape index (κ2) is 13.9. The van der Waals surface area contributed by atoms with Crippen molar-refractivity contribution in [3.8, 4) is 11.3 Å². The van der Waals surface area contributed by atoms with Crippen LogP contribution in [0.3, 0.4) is 0 Å². The van der Waals surface area contributed by atoms with Crippen molar-refractivity contribution >= 4 is 34.5 Å². The fourth-order valence-electron chi connectivity index (χ4n) is 4.79. The molecule has 0 fully saturated rings. The number of carbonyl (C=O) groups is 2. The Balaban J connectivity index is 1.35. The Kier molecular flexibility index (Phi) is 10.1. The molecule has 4 rings (SSSR count). The highest BCUT2D eigenvalue weighted by molar-refractivity contribution is 5.83. The maximum Gasteiger partial charge on any atom is 0.243 e. The predicted octanol–water partition coefficient (Wildman–Crippen LogP) is 5.87. The second-order valence-electron chi connectivity index (χ2n) is 10.4. The summed E-state index contributed by atoms with van der Waals surface area (Å²) in [6.07, 6.45) is 4.73. The van der Waals surface area contributed by atoms with Crippen molar-refractivity contribution in [2.24, 2.45) is 0 Å². The van der Waals surface area contributed by atoms with Crippen molar-refractivity contribution in [2.75, 3.05) is 5.32 Å². The summed E-state index contributed by atoms with van der Waals surface area (Å²) < 4.78 is 31.7. The Morgan fingerprint density at radius 2 is 1.64 bits per heavy atom. The number of halogens is 2. The summed E-state index contributed by atoms with van der Waals surface area (Å²) in [7, 11) is 0. The molecule has 10 nitrogen and oxygen atoms in total. The van der Waals surface area contributed by atoms with E-state index in [4.69, 9.17) is 5.21 Å². The van der Waals surface area contributed by atoms with E-state index < -0.39 is 17.5 Å². The zero-order valence-electron chi connectivity index (χ0n) is 23.9. The minimum Gasteiger partial charge on any atom is -0.352 e. The number of hydrogen-bond donors (Lipinski definition) is 4. The molecule has 2 aromatic heterocycles. The molecular formula is C30H35F2N7O3. The number of nitrogens with one attached hydrogen (secondary N) is 3. The topological polar surface area (TPSA) is 134 Å². The van der Waals surface area contributed by atoms with E-state index in [0.717, 1.165) is 31.0 Å². The highest BCUT2D eigenvalue weighted by atomic mass is 19.1. The van der Waals surface area contributed by atoms with Gasteiger partial charge in [0.05, 0.1) is 11.7 Å². The number of hydrogen-bond acceptors (Lipinski definition) is 7. The molecule has 0 bridgehead atoms. The molecule has 222 valence electrons. The van der Waals surface area contributed by atoms with Gasteiger partial charge in [-0.05, 0) is 63.4 Å². The largest absolute Gasteiger partial charge is 0.352 e. The van der Waals surface area contributed by atoms with Gasteiger partial charge in [-0.3, -0.25) is 14.8 Å². The summed E-state index contributed by atoms with van der Waals surface area (Å²) in [4.78, 5) is 35.8. The summed E-state index contributed by atoms with van der Waals surface area (Å²) in [5.74, 6) is -0.864. The summed E-state index contributed by atoms with van der Waals surface area (Å²) in [5.41, 5.74) is 4.21. The molecule has 0 atom stereocenters. The van der Waals surface area contributed by atoms with E-state index in [0.29, 0.717) is 36.4 Å². The standard InChI is InChI=1S/C30H35F2N7O3/c1-18(2)39-19(3)35-29-23(31)14-21(15-25(29)39)28-24(32)17-34-30(37-28)36-22-12-10-20(11-13-22)16-33-26(40)8-6-4-5-7-9-27(41)38-42/h10-15,17-18,42H,4-9,16H2,1-3H3,(H,33,40)(H,38,41)(H,34,36,37). The van der Waals surface area contributed by atoms with Crippen LogP contribution in [0, 0.1) is 18.6 Å². The van der Waals surface area contributed by atoms with Crippen molar-refractivity contribution < 1.29 is 23.6 Å². The Morgan fingerprint density at radius 1 is 0.952 bits per heavy atom. The number of benzene rings is 2. The number of aromatic nitrogens is 4. The zero-order valence-corrected chi connectivity index (χ0v) is 23.9. The fraction of sp³-hybridized carbons (Fsp3) is 0.367. The monoisotopic (exact) mass is 579 g/mol. The molecule has 0 aliphatic rings. The number of nitrogens with zero attached hydrogens (tertiary/aromatic N) is 4. The normalized spacial score (nSPS) is 11.2. The molecule has 12 heteroatoms. The van der Waals surface area contributed by atoms with Crippen LogP contribution in [0.1, 0.15) is 69.8 Å². The average molecular weight is 580 g/mol. The summed E-state index contributed by atoms with van der Waals surface area (Å²) in [5, 5.41) is 14.4. The van der Waals surface area contributed by atoms with Crippen LogP contribution < -0.4 is 16.1 Å². The number of fused-ring (bicyclic) bond motifs is 1. The molecule has 2 aromatic carbocycles. The van der Waals surface area contributed by atoms with Crippen LogP contribution in [0.15, 0.2) is 42.6 Å². The zero-order chi connectivity index (χ0) is 30.2. The van der Waals surface area contributed by atoms with Gasteiger partial charge in [-0.1, -0.05) is 25.0 Å². The molecule has 0 saturated heterocycles. The molecule has 4 aromatic rings. The van der Waals surface area contributed by atoms with Crippen LogP contribution in [-0.2, 0) is 16.1 Å². The first-order valence-electron chi connectivity index (χ1n) is 13.9. The van der Waals surface area contributed by atoms with Gasteiger partial charge >= 0.3 is 0 Å². The lowest BCUT2D eigenvalue weighted by Gasteiger charge is -2.12. The van der Waals surface area contributed by atoms with Crippen molar-refractivity contribution in [1.82, 2.24) is 30.3 Å².